The van der Waals surface area contributed by atoms with Gasteiger partial charge in [-0.3, -0.25) is 9.59 Å². The number of benzene rings is 1. The van der Waals surface area contributed by atoms with E-state index >= 15 is 0 Å². The van der Waals surface area contributed by atoms with Crippen molar-refractivity contribution in [3.63, 3.8) is 0 Å². The van der Waals surface area contributed by atoms with E-state index in [9.17, 15) is 22.8 Å². The van der Waals surface area contributed by atoms with Gasteiger partial charge in [0.05, 0.1) is 11.8 Å². The highest BCUT2D eigenvalue weighted by Crippen LogP contribution is 2.29. The normalized spacial score (nSPS) is 11.1. The van der Waals surface area contributed by atoms with Crippen LogP contribution in [0.2, 0.25) is 0 Å². The summed E-state index contributed by atoms with van der Waals surface area (Å²) < 4.78 is 44.6. The van der Waals surface area contributed by atoms with Gasteiger partial charge in [-0.05, 0) is 24.3 Å². The average Bonchev–Trinajstić information content (AvgIpc) is 3.13. The molecule has 0 saturated carbocycles. The van der Waals surface area contributed by atoms with Crippen molar-refractivity contribution in [2.75, 3.05) is 24.7 Å². The van der Waals surface area contributed by atoms with E-state index in [1.54, 1.807) is 24.3 Å². The molecule has 0 fully saturated rings. The molecule has 162 valence electrons. The second-order valence-electron chi connectivity index (χ2n) is 6.17. The quantitative estimate of drug-likeness (QED) is 0.547. The molecular weight excluding hydrogens is 417 g/mol. The van der Waals surface area contributed by atoms with Crippen molar-refractivity contribution >= 4 is 23.5 Å². The van der Waals surface area contributed by atoms with Gasteiger partial charge in [-0.15, -0.1) is 0 Å². The Morgan fingerprint density at radius 1 is 1.16 bits per heavy atom. The molecule has 31 heavy (non-hydrogen) atoms. The molecule has 0 atom stereocenters. The Morgan fingerprint density at radius 2 is 1.90 bits per heavy atom. The number of carbonyl (C=O) groups excluding carboxylic acids is 2. The number of halogens is 3. The average molecular weight is 434 g/mol. The first kappa shape index (κ1) is 21.6. The molecule has 0 bridgehead atoms. The molecule has 0 radical (unpaired) electrons. The zero-order valence-corrected chi connectivity index (χ0v) is 16.1. The van der Waals surface area contributed by atoms with E-state index < -0.39 is 17.6 Å². The zero-order chi connectivity index (χ0) is 22.6. The molecule has 0 aliphatic heterocycles. The van der Waals surface area contributed by atoms with Crippen molar-refractivity contribution in [1.29, 1.82) is 0 Å². The number of nitrogen functional groups attached to an aromatic ring is 1. The maximum atomic E-state index is 12.6. The number of hydrogen-bond donors (Lipinski definition) is 3. The van der Waals surface area contributed by atoms with Crippen LogP contribution in [0.5, 0.6) is 5.75 Å². The van der Waals surface area contributed by atoms with Gasteiger partial charge in [-0.2, -0.15) is 18.3 Å². The standard InChI is InChI=1S/C19H17F3N6O3/c1-24-16(29)10-31-14-5-3-2-4-13(14)28-17(23)12(9-26-28)18(30)27-15-7-6-11(8-25-15)19(20,21)22/h2-9H,10,23H2,1H3,(H,24,29)(H,25,27,30). The van der Waals surface area contributed by atoms with Gasteiger partial charge < -0.3 is 21.1 Å². The number of nitrogens with one attached hydrogen (secondary N) is 2. The number of nitrogens with two attached hydrogens (primary N) is 1. The molecule has 9 nitrogen and oxygen atoms in total. The third-order valence-corrected chi connectivity index (χ3v) is 4.11. The fourth-order valence-corrected chi connectivity index (χ4v) is 2.51. The van der Waals surface area contributed by atoms with Gasteiger partial charge in [-0.1, -0.05) is 12.1 Å². The van der Waals surface area contributed by atoms with Gasteiger partial charge in [0.25, 0.3) is 11.8 Å². The number of pyridine rings is 1. The van der Waals surface area contributed by atoms with Gasteiger partial charge in [0.2, 0.25) is 0 Å². The molecule has 0 unspecified atom stereocenters. The summed E-state index contributed by atoms with van der Waals surface area (Å²) in [5.74, 6) is -0.871. The maximum absolute atomic E-state index is 12.6. The molecular formula is C19H17F3N6O3. The second-order valence-corrected chi connectivity index (χ2v) is 6.17. The predicted octanol–water partition coefficient (Wildman–Crippen LogP) is 2.25. The molecule has 2 heterocycles. The highest BCUT2D eigenvalue weighted by atomic mass is 19.4. The van der Waals surface area contributed by atoms with Crippen LogP contribution in [0.1, 0.15) is 15.9 Å². The summed E-state index contributed by atoms with van der Waals surface area (Å²) >= 11 is 0. The predicted molar refractivity (Wildman–Crippen MR) is 105 cm³/mol. The highest BCUT2D eigenvalue weighted by molar-refractivity contribution is 6.06. The van der Waals surface area contributed by atoms with E-state index in [1.807, 2.05) is 0 Å². The number of anilines is 2. The molecule has 4 N–H and O–H groups in total. The Labute approximate surface area is 174 Å². The second kappa shape index (κ2) is 8.73. The highest BCUT2D eigenvalue weighted by Gasteiger charge is 2.30. The monoisotopic (exact) mass is 434 g/mol. The van der Waals surface area contributed by atoms with Crippen molar-refractivity contribution in [3.8, 4) is 11.4 Å². The topological polar surface area (TPSA) is 124 Å². The Hall–Kier alpha value is -4.09. The third kappa shape index (κ3) is 4.91. The third-order valence-electron chi connectivity index (χ3n) is 4.11. The Morgan fingerprint density at radius 3 is 2.55 bits per heavy atom. The lowest BCUT2D eigenvalue weighted by Gasteiger charge is -2.12. The van der Waals surface area contributed by atoms with E-state index in [0.717, 1.165) is 12.1 Å². The molecule has 0 saturated heterocycles. The van der Waals surface area contributed by atoms with Gasteiger partial charge in [-0.25, -0.2) is 9.67 Å². The van der Waals surface area contributed by atoms with Crippen molar-refractivity contribution in [3.05, 3.63) is 59.9 Å². The summed E-state index contributed by atoms with van der Waals surface area (Å²) in [5, 5.41) is 8.88. The molecule has 0 aliphatic carbocycles. The number of aromatic nitrogens is 3. The molecule has 0 aliphatic rings. The summed E-state index contributed by atoms with van der Waals surface area (Å²) in [6, 6.07) is 8.44. The van der Waals surface area contributed by atoms with Crippen LogP contribution in [0.25, 0.3) is 5.69 Å². The van der Waals surface area contributed by atoms with Crippen LogP contribution in [0, 0.1) is 0 Å². The summed E-state index contributed by atoms with van der Waals surface area (Å²) in [6.07, 6.45) is -2.72. The van der Waals surface area contributed by atoms with Crippen molar-refractivity contribution in [2.45, 2.75) is 6.18 Å². The zero-order valence-electron chi connectivity index (χ0n) is 16.1. The minimum atomic E-state index is -4.53. The van der Waals surface area contributed by atoms with Crippen molar-refractivity contribution < 1.29 is 27.5 Å². The van der Waals surface area contributed by atoms with Crippen LogP contribution in [0.15, 0.2) is 48.8 Å². The maximum Gasteiger partial charge on any atom is 0.417 e. The number of alkyl halides is 3. The van der Waals surface area contributed by atoms with Crippen molar-refractivity contribution in [1.82, 2.24) is 20.1 Å². The Bertz CT molecular complexity index is 1100. The summed E-state index contributed by atoms with van der Waals surface area (Å²) in [6.45, 7) is -0.235. The summed E-state index contributed by atoms with van der Waals surface area (Å²) in [5.41, 5.74) is 5.48. The summed E-state index contributed by atoms with van der Waals surface area (Å²) in [7, 11) is 1.47. The number of carbonyl (C=O) groups is 2. The molecule has 0 spiro atoms. The Balaban J connectivity index is 1.80. The number of para-hydroxylation sites is 2. The van der Waals surface area contributed by atoms with Crippen LogP contribution in [0.3, 0.4) is 0 Å². The lowest BCUT2D eigenvalue weighted by molar-refractivity contribution is -0.137. The van der Waals surface area contributed by atoms with Gasteiger partial charge >= 0.3 is 6.18 Å². The largest absolute Gasteiger partial charge is 0.482 e. The SMILES string of the molecule is CNC(=O)COc1ccccc1-n1ncc(C(=O)Nc2ccc(C(F)(F)F)cn2)c1N. The lowest BCUT2D eigenvalue weighted by Crippen LogP contribution is -2.25. The van der Waals surface area contributed by atoms with E-state index in [-0.39, 0.29) is 29.7 Å². The fraction of sp³-hybridized carbons (Fsp3) is 0.158. The number of nitrogens with zero attached hydrogens (tertiary/aromatic N) is 3. The van der Waals surface area contributed by atoms with E-state index in [0.29, 0.717) is 17.6 Å². The first-order chi connectivity index (χ1) is 14.7. The first-order valence-corrected chi connectivity index (χ1v) is 8.81. The van der Waals surface area contributed by atoms with E-state index in [2.05, 4.69) is 20.7 Å². The first-order valence-electron chi connectivity index (χ1n) is 8.81. The van der Waals surface area contributed by atoms with Crippen molar-refractivity contribution in [2.24, 2.45) is 0 Å². The smallest absolute Gasteiger partial charge is 0.417 e. The van der Waals surface area contributed by atoms with E-state index in [1.165, 1.54) is 17.9 Å². The minimum absolute atomic E-state index is 0.0252. The van der Waals surface area contributed by atoms with Gasteiger partial charge in [0.15, 0.2) is 6.61 Å². The van der Waals surface area contributed by atoms with Crippen LogP contribution >= 0.6 is 0 Å². The van der Waals surface area contributed by atoms with Gasteiger partial charge in [0.1, 0.15) is 28.6 Å². The van der Waals surface area contributed by atoms with Crippen LogP contribution < -0.4 is 21.1 Å². The number of amides is 2. The van der Waals surface area contributed by atoms with Crippen LogP contribution in [0.4, 0.5) is 24.8 Å². The molecule has 2 aromatic heterocycles. The fourth-order valence-electron chi connectivity index (χ4n) is 2.51. The molecule has 1 aromatic carbocycles. The number of ether oxygens (including phenoxy) is 1. The number of hydrogen-bond acceptors (Lipinski definition) is 6. The minimum Gasteiger partial charge on any atom is -0.482 e. The molecule has 3 rings (SSSR count). The number of rotatable bonds is 6. The number of likely N-dealkylation sites (N-methyl/N-ethyl adjacent to an activating group) is 1. The summed E-state index contributed by atoms with van der Waals surface area (Å²) in [4.78, 5) is 27.5. The lowest BCUT2D eigenvalue weighted by atomic mass is 10.2. The van der Waals surface area contributed by atoms with Crippen LogP contribution in [-0.4, -0.2) is 40.2 Å². The van der Waals surface area contributed by atoms with Crippen LogP contribution in [-0.2, 0) is 11.0 Å². The Kier molecular flexibility index (Phi) is 6.09. The molecule has 2 amide bonds. The van der Waals surface area contributed by atoms with E-state index in [4.69, 9.17) is 10.5 Å². The van der Waals surface area contributed by atoms with Gasteiger partial charge in [0, 0.05) is 13.2 Å². The molecule has 3 aromatic rings. The molecule has 12 heteroatoms.